The van der Waals surface area contributed by atoms with Gasteiger partial charge < -0.3 is 14.5 Å². The summed E-state index contributed by atoms with van der Waals surface area (Å²) in [7, 11) is 0. The Bertz CT molecular complexity index is 816. The van der Waals surface area contributed by atoms with Crippen molar-refractivity contribution in [2.75, 3.05) is 24.6 Å². The molecule has 0 N–H and O–H groups in total. The van der Waals surface area contributed by atoms with Gasteiger partial charge in [0.25, 0.3) is 0 Å². The van der Waals surface area contributed by atoms with Gasteiger partial charge in [-0.05, 0) is 37.5 Å². The van der Waals surface area contributed by atoms with E-state index in [9.17, 15) is 9.18 Å². The Morgan fingerprint density at radius 1 is 1.15 bits per heavy atom. The number of aryl methyl sites for hydroxylation is 1. The lowest BCUT2D eigenvalue weighted by molar-refractivity contribution is -0.130. The summed E-state index contributed by atoms with van der Waals surface area (Å²) in [4.78, 5) is 16.8. The molecule has 4 rings (SSSR count). The van der Waals surface area contributed by atoms with Gasteiger partial charge in [-0.2, -0.15) is 0 Å². The third-order valence-electron chi connectivity index (χ3n) is 5.45. The molecule has 1 atom stereocenters. The number of anilines is 1. The number of hydrogen-bond acceptors (Lipinski definition) is 3. The molecule has 1 fully saturated rings. The summed E-state index contributed by atoms with van der Waals surface area (Å²) in [6.07, 6.45) is 2.59. The first-order valence-electron chi connectivity index (χ1n) is 9.62. The summed E-state index contributed by atoms with van der Waals surface area (Å²) in [6.45, 7) is 4.83. The van der Waals surface area contributed by atoms with Crippen LogP contribution < -0.4 is 9.64 Å². The summed E-state index contributed by atoms with van der Waals surface area (Å²) in [5.74, 6) is 0.420. The Kier molecular flexibility index (Phi) is 5.01. The zero-order valence-corrected chi connectivity index (χ0v) is 15.7. The number of fused-ring (bicyclic) bond motifs is 1. The fraction of sp³-hybridized carbons (Fsp3) is 0.409. The number of hydrogen-bond donors (Lipinski definition) is 0. The van der Waals surface area contributed by atoms with Crippen LogP contribution in [0.4, 0.5) is 10.1 Å². The van der Waals surface area contributed by atoms with Crippen LogP contribution in [0.3, 0.4) is 0 Å². The normalized spacial score (nSPS) is 19.0. The summed E-state index contributed by atoms with van der Waals surface area (Å²) >= 11 is 0. The number of benzene rings is 2. The van der Waals surface area contributed by atoms with Gasteiger partial charge in [0.2, 0.25) is 5.91 Å². The van der Waals surface area contributed by atoms with Crippen LogP contribution in [0.2, 0.25) is 0 Å². The SMILES string of the molecule is Cc1ccc(CN2c3ccc(F)cc3OCC2CC(=O)N2CCCC2)cc1. The molecule has 2 aliphatic heterocycles. The highest BCUT2D eigenvalue weighted by Gasteiger charge is 2.31. The van der Waals surface area contributed by atoms with Crippen molar-refractivity contribution in [1.82, 2.24) is 4.90 Å². The van der Waals surface area contributed by atoms with Crippen LogP contribution in [-0.2, 0) is 11.3 Å². The minimum atomic E-state index is -0.310. The highest BCUT2D eigenvalue weighted by molar-refractivity contribution is 5.78. The summed E-state index contributed by atoms with van der Waals surface area (Å²) in [5.41, 5.74) is 3.22. The Hall–Kier alpha value is -2.56. The summed E-state index contributed by atoms with van der Waals surface area (Å²) < 4.78 is 19.5. The van der Waals surface area contributed by atoms with Gasteiger partial charge in [-0.25, -0.2) is 4.39 Å². The molecule has 142 valence electrons. The number of ether oxygens (including phenoxy) is 1. The van der Waals surface area contributed by atoms with Crippen molar-refractivity contribution in [2.24, 2.45) is 0 Å². The third kappa shape index (κ3) is 3.92. The highest BCUT2D eigenvalue weighted by atomic mass is 19.1. The fourth-order valence-corrected chi connectivity index (χ4v) is 3.88. The Morgan fingerprint density at radius 3 is 2.63 bits per heavy atom. The van der Waals surface area contributed by atoms with Crippen molar-refractivity contribution in [3.63, 3.8) is 0 Å². The number of carbonyl (C=O) groups excluding carboxylic acids is 1. The largest absolute Gasteiger partial charge is 0.489 e. The number of carbonyl (C=O) groups is 1. The van der Waals surface area contributed by atoms with Gasteiger partial charge in [0.15, 0.2) is 0 Å². The number of nitrogens with zero attached hydrogens (tertiary/aromatic N) is 2. The molecule has 0 bridgehead atoms. The van der Waals surface area contributed by atoms with Gasteiger partial charge in [-0.15, -0.1) is 0 Å². The number of rotatable bonds is 4. The van der Waals surface area contributed by atoms with E-state index < -0.39 is 0 Å². The van der Waals surface area contributed by atoms with Gasteiger partial charge in [-0.3, -0.25) is 4.79 Å². The first kappa shape index (κ1) is 17.8. The second kappa shape index (κ2) is 7.59. The molecule has 1 unspecified atom stereocenters. The lowest BCUT2D eigenvalue weighted by Gasteiger charge is -2.39. The smallest absolute Gasteiger partial charge is 0.224 e. The molecule has 5 heteroatoms. The molecule has 2 aromatic carbocycles. The molecular formula is C22H25FN2O2. The molecule has 0 spiro atoms. The van der Waals surface area contributed by atoms with E-state index in [1.165, 1.54) is 17.7 Å². The molecule has 2 aromatic rings. The maximum absolute atomic E-state index is 13.6. The molecule has 1 amide bonds. The number of amides is 1. The van der Waals surface area contributed by atoms with Crippen molar-refractivity contribution < 1.29 is 13.9 Å². The minimum Gasteiger partial charge on any atom is -0.489 e. The van der Waals surface area contributed by atoms with E-state index in [1.807, 2.05) is 4.90 Å². The molecule has 4 nitrogen and oxygen atoms in total. The topological polar surface area (TPSA) is 32.8 Å². The lowest BCUT2D eigenvalue weighted by atomic mass is 10.1. The molecule has 0 saturated carbocycles. The molecular weight excluding hydrogens is 343 g/mol. The van der Waals surface area contributed by atoms with Crippen molar-refractivity contribution in [3.8, 4) is 5.75 Å². The molecule has 27 heavy (non-hydrogen) atoms. The zero-order chi connectivity index (χ0) is 18.8. The van der Waals surface area contributed by atoms with Crippen LogP contribution in [0, 0.1) is 12.7 Å². The second-order valence-corrected chi connectivity index (χ2v) is 7.48. The molecule has 0 aromatic heterocycles. The van der Waals surface area contributed by atoms with E-state index in [0.717, 1.165) is 37.2 Å². The maximum atomic E-state index is 13.6. The molecule has 0 radical (unpaired) electrons. The first-order valence-corrected chi connectivity index (χ1v) is 9.62. The van der Waals surface area contributed by atoms with Crippen molar-refractivity contribution in [3.05, 3.63) is 59.4 Å². The quantitative estimate of drug-likeness (QED) is 0.820. The van der Waals surface area contributed by atoms with E-state index >= 15 is 0 Å². The van der Waals surface area contributed by atoms with Gasteiger partial charge in [0, 0.05) is 25.7 Å². The fourth-order valence-electron chi connectivity index (χ4n) is 3.88. The average Bonchev–Trinajstić information content (AvgIpc) is 3.20. The van der Waals surface area contributed by atoms with Crippen molar-refractivity contribution in [2.45, 2.75) is 38.8 Å². The standard InChI is InChI=1S/C22H25FN2O2/c1-16-4-6-17(7-5-16)14-25-19(13-22(26)24-10-2-3-11-24)15-27-21-12-18(23)8-9-20(21)25/h4-9,12,19H,2-3,10-11,13-15H2,1H3. The lowest BCUT2D eigenvalue weighted by Crippen LogP contribution is -2.46. The van der Waals surface area contributed by atoms with Gasteiger partial charge in [-0.1, -0.05) is 29.8 Å². The molecule has 0 aliphatic carbocycles. The van der Waals surface area contributed by atoms with Crippen molar-refractivity contribution >= 4 is 11.6 Å². The van der Waals surface area contributed by atoms with E-state index in [0.29, 0.717) is 25.3 Å². The van der Waals surface area contributed by atoms with Crippen LogP contribution in [0.1, 0.15) is 30.4 Å². The molecule has 2 heterocycles. The third-order valence-corrected chi connectivity index (χ3v) is 5.45. The molecule has 2 aliphatic rings. The van der Waals surface area contributed by atoms with E-state index in [4.69, 9.17) is 4.74 Å². The number of halogens is 1. The molecule has 1 saturated heterocycles. The van der Waals surface area contributed by atoms with E-state index in [-0.39, 0.29) is 17.8 Å². The van der Waals surface area contributed by atoms with Crippen LogP contribution in [0.25, 0.3) is 0 Å². The summed E-state index contributed by atoms with van der Waals surface area (Å²) in [6, 6.07) is 13.0. The Labute approximate surface area is 159 Å². The monoisotopic (exact) mass is 368 g/mol. The average molecular weight is 368 g/mol. The van der Waals surface area contributed by atoms with Crippen LogP contribution in [0.15, 0.2) is 42.5 Å². The Morgan fingerprint density at radius 2 is 1.89 bits per heavy atom. The van der Waals surface area contributed by atoms with Crippen molar-refractivity contribution in [1.29, 1.82) is 0 Å². The van der Waals surface area contributed by atoms with Gasteiger partial charge in [0.05, 0.1) is 18.2 Å². The van der Waals surface area contributed by atoms with E-state index in [1.54, 1.807) is 6.07 Å². The predicted molar refractivity (Wildman–Crippen MR) is 103 cm³/mol. The second-order valence-electron chi connectivity index (χ2n) is 7.48. The van der Waals surface area contributed by atoms with Crippen LogP contribution in [-0.4, -0.2) is 36.5 Å². The van der Waals surface area contributed by atoms with Gasteiger partial charge >= 0.3 is 0 Å². The van der Waals surface area contributed by atoms with Gasteiger partial charge in [0.1, 0.15) is 18.2 Å². The van der Waals surface area contributed by atoms with Crippen LogP contribution >= 0.6 is 0 Å². The predicted octanol–water partition coefficient (Wildman–Crippen LogP) is 3.91. The van der Waals surface area contributed by atoms with Crippen LogP contribution in [0.5, 0.6) is 5.75 Å². The zero-order valence-electron chi connectivity index (χ0n) is 15.7. The van der Waals surface area contributed by atoms with E-state index in [2.05, 4.69) is 36.1 Å². The maximum Gasteiger partial charge on any atom is 0.224 e. The first-order chi connectivity index (χ1) is 13.1. The number of likely N-dealkylation sites (tertiary alicyclic amines) is 1. The minimum absolute atomic E-state index is 0.0580. The highest BCUT2D eigenvalue weighted by Crippen LogP contribution is 2.36. The summed E-state index contributed by atoms with van der Waals surface area (Å²) in [5, 5.41) is 0. The Balaban J connectivity index is 1.59.